The highest BCUT2D eigenvalue weighted by Gasteiger charge is 2.22. The Balaban J connectivity index is 1.57. The van der Waals surface area contributed by atoms with Gasteiger partial charge in [0.25, 0.3) is 0 Å². The Labute approximate surface area is 171 Å². The highest BCUT2D eigenvalue weighted by atomic mass is 16.6. The first-order valence-corrected chi connectivity index (χ1v) is 9.77. The van der Waals surface area contributed by atoms with Gasteiger partial charge in [-0.15, -0.1) is 0 Å². The highest BCUT2D eigenvalue weighted by molar-refractivity contribution is 5.96. The lowest BCUT2D eigenvalue weighted by atomic mass is 10.2. The van der Waals surface area contributed by atoms with E-state index in [1.807, 2.05) is 43.0 Å². The van der Waals surface area contributed by atoms with E-state index >= 15 is 0 Å². The Morgan fingerprint density at radius 1 is 1.00 bits per heavy atom. The normalized spacial score (nSPS) is 13.7. The summed E-state index contributed by atoms with van der Waals surface area (Å²) < 4.78 is 11.0. The number of hydrogen-bond acceptors (Lipinski definition) is 5. The first kappa shape index (κ1) is 20.7. The third kappa shape index (κ3) is 5.48. The minimum atomic E-state index is -0.452. The van der Waals surface area contributed by atoms with Gasteiger partial charge in [0, 0.05) is 17.4 Å². The average molecular weight is 397 g/mol. The number of nitrogens with one attached hydrogen (secondary N) is 2. The van der Waals surface area contributed by atoms with Gasteiger partial charge in [0.2, 0.25) is 11.8 Å². The molecule has 7 heteroatoms. The van der Waals surface area contributed by atoms with E-state index in [0.717, 1.165) is 11.3 Å². The number of carbonyl (C=O) groups is 2. The molecule has 2 aromatic carbocycles. The largest absolute Gasteiger partial charge is 0.486 e. The van der Waals surface area contributed by atoms with E-state index < -0.39 is 6.04 Å². The topological polar surface area (TPSA) is 79.9 Å². The van der Waals surface area contributed by atoms with E-state index in [1.54, 1.807) is 25.1 Å². The van der Waals surface area contributed by atoms with Crippen molar-refractivity contribution in [3.8, 4) is 11.5 Å². The van der Waals surface area contributed by atoms with Crippen LogP contribution in [0.5, 0.6) is 11.5 Å². The number of fused-ring (bicyclic) bond motifs is 1. The summed E-state index contributed by atoms with van der Waals surface area (Å²) in [6.45, 7) is 7.39. The van der Waals surface area contributed by atoms with Crippen LogP contribution in [0.25, 0.3) is 0 Å². The number of likely N-dealkylation sites (N-methyl/N-ethyl adjacent to an activating group) is 1. The van der Waals surface area contributed by atoms with Gasteiger partial charge < -0.3 is 20.1 Å². The Bertz CT molecular complexity index is 867. The number of nitrogens with zero attached hydrogens (tertiary/aromatic N) is 1. The second kappa shape index (κ2) is 9.43. The van der Waals surface area contributed by atoms with E-state index in [9.17, 15) is 9.59 Å². The smallest absolute Gasteiger partial charge is 0.241 e. The Hall–Kier alpha value is -3.06. The minimum absolute atomic E-state index is 0.105. The second-order valence-corrected chi connectivity index (χ2v) is 7.00. The number of ether oxygens (including phenoxy) is 2. The molecule has 1 atom stereocenters. The van der Waals surface area contributed by atoms with Crippen LogP contribution in [-0.2, 0) is 9.59 Å². The lowest BCUT2D eigenvalue weighted by molar-refractivity contribution is -0.123. The van der Waals surface area contributed by atoms with Gasteiger partial charge in [-0.05, 0) is 44.7 Å². The summed E-state index contributed by atoms with van der Waals surface area (Å²) in [5, 5.41) is 5.76. The summed E-state index contributed by atoms with van der Waals surface area (Å²) in [6, 6.07) is 12.5. The van der Waals surface area contributed by atoms with Crippen molar-refractivity contribution < 1.29 is 19.1 Å². The van der Waals surface area contributed by atoms with Gasteiger partial charge in [-0.2, -0.15) is 0 Å². The van der Waals surface area contributed by atoms with Crippen molar-refractivity contribution >= 4 is 23.2 Å². The van der Waals surface area contributed by atoms with Crippen LogP contribution in [-0.4, -0.2) is 49.1 Å². The van der Waals surface area contributed by atoms with Crippen LogP contribution in [0.1, 0.15) is 19.4 Å². The van der Waals surface area contributed by atoms with E-state index in [0.29, 0.717) is 36.9 Å². The van der Waals surface area contributed by atoms with Crippen LogP contribution in [0, 0.1) is 6.92 Å². The van der Waals surface area contributed by atoms with E-state index in [-0.39, 0.29) is 18.4 Å². The van der Waals surface area contributed by atoms with Crippen molar-refractivity contribution in [2.75, 3.05) is 36.9 Å². The number of benzene rings is 2. The maximum Gasteiger partial charge on any atom is 0.241 e. The summed E-state index contributed by atoms with van der Waals surface area (Å²) in [5.41, 5.74) is 2.50. The van der Waals surface area contributed by atoms with Crippen molar-refractivity contribution in [3.63, 3.8) is 0 Å². The summed E-state index contributed by atoms with van der Waals surface area (Å²) in [4.78, 5) is 26.9. The molecular formula is C22H27N3O4. The maximum absolute atomic E-state index is 12.6. The zero-order chi connectivity index (χ0) is 20.8. The predicted molar refractivity (Wildman–Crippen MR) is 113 cm³/mol. The molecule has 29 heavy (non-hydrogen) atoms. The molecule has 0 aliphatic carbocycles. The molecule has 0 aromatic heterocycles. The summed E-state index contributed by atoms with van der Waals surface area (Å²) in [5.74, 6) is 0.944. The maximum atomic E-state index is 12.6. The van der Waals surface area contributed by atoms with Crippen molar-refractivity contribution in [2.45, 2.75) is 26.8 Å². The molecule has 2 N–H and O–H groups in total. The molecule has 0 saturated carbocycles. The van der Waals surface area contributed by atoms with Gasteiger partial charge in [0.15, 0.2) is 11.5 Å². The molecule has 0 radical (unpaired) electrons. The van der Waals surface area contributed by atoms with Gasteiger partial charge in [0.05, 0.1) is 12.6 Å². The molecule has 154 valence electrons. The number of amides is 2. The van der Waals surface area contributed by atoms with Crippen LogP contribution >= 0.6 is 0 Å². The third-order valence-corrected chi connectivity index (χ3v) is 4.83. The van der Waals surface area contributed by atoms with Gasteiger partial charge in [-0.3, -0.25) is 14.5 Å². The third-order valence-electron chi connectivity index (χ3n) is 4.83. The van der Waals surface area contributed by atoms with Crippen LogP contribution < -0.4 is 20.1 Å². The van der Waals surface area contributed by atoms with Crippen LogP contribution in [0.15, 0.2) is 42.5 Å². The molecule has 7 nitrogen and oxygen atoms in total. The zero-order valence-electron chi connectivity index (χ0n) is 17.0. The number of carbonyl (C=O) groups excluding carboxylic acids is 2. The Kier molecular flexibility index (Phi) is 6.72. The fraction of sp³-hybridized carbons (Fsp3) is 0.364. The first-order valence-electron chi connectivity index (χ1n) is 9.77. The van der Waals surface area contributed by atoms with Gasteiger partial charge in [-0.1, -0.05) is 24.6 Å². The second-order valence-electron chi connectivity index (χ2n) is 7.00. The molecule has 3 rings (SSSR count). The predicted octanol–water partition coefficient (Wildman–Crippen LogP) is 3.05. The standard InChI is InChI=1S/C22H27N3O4/c1-4-25(16(3)22(27)24-17-7-5-15(2)6-8-17)14-21(26)23-18-9-10-19-20(13-18)29-12-11-28-19/h5-10,13,16H,4,11-12,14H2,1-3H3,(H,23,26)(H,24,27). The lowest BCUT2D eigenvalue weighted by Crippen LogP contribution is -2.45. The monoisotopic (exact) mass is 397 g/mol. The van der Waals surface area contributed by atoms with Gasteiger partial charge >= 0.3 is 0 Å². The molecular weight excluding hydrogens is 370 g/mol. The average Bonchev–Trinajstić information content (AvgIpc) is 2.73. The van der Waals surface area contributed by atoms with Crippen molar-refractivity contribution in [1.82, 2.24) is 4.90 Å². The summed E-state index contributed by atoms with van der Waals surface area (Å²) >= 11 is 0. The van der Waals surface area contributed by atoms with Crippen LogP contribution in [0.4, 0.5) is 11.4 Å². The lowest BCUT2D eigenvalue weighted by Gasteiger charge is -2.26. The molecule has 0 spiro atoms. The number of anilines is 2. The van der Waals surface area contributed by atoms with E-state index in [1.165, 1.54) is 0 Å². The fourth-order valence-corrected chi connectivity index (χ4v) is 3.08. The van der Waals surface area contributed by atoms with E-state index in [2.05, 4.69) is 10.6 Å². The zero-order valence-corrected chi connectivity index (χ0v) is 17.0. The molecule has 0 fully saturated rings. The van der Waals surface area contributed by atoms with Gasteiger partial charge in [0.1, 0.15) is 13.2 Å². The van der Waals surface area contributed by atoms with Crippen molar-refractivity contribution in [3.05, 3.63) is 48.0 Å². The first-order chi connectivity index (χ1) is 14.0. The molecule has 1 heterocycles. The summed E-state index contributed by atoms with van der Waals surface area (Å²) in [7, 11) is 0. The van der Waals surface area contributed by atoms with Crippen molar-refractivity contribution in [1.29, 1.82) is 0 Å². The van der Waals surface area contributed by atoms with Crippen LogP contribution in [0.2, 0.25) is 0 Å². The Morgan fingerprint density at radius 2 is 1.66 bits per heavy atom. The number of rotatable bonds is 7. The SMILES string of the molecule is CCN(CC(=O)Nc1ccc2c(c1)OCCO2)C(C)C(=O)Nc1ccc(C)cc1. The molecule has 2 amide bonds. The van der Waals surface area contributed by atoms with Crippen LogP contribution in [0.3, 0.4) is 0 Å². The molecule has 1 aliphatic rings. The molecule has 2 aromatic rings. The Morgan fingerprint density at radius 3 is 2.34 bits per heavy atom. The van der Waals surface area contributed by atoms with E-state index in [4.69, 9.17) is 9.47 Å². The summed E-state index contributed by atoms with van der Waals surface area (Å²) in [6.07, 6.45) is 0. The van der Waals surface area contributed by atoms with Gasteiger partial charge in [-0.25, -0.2) is 0 Å². The molecule has 1 unspecified atom stereocenters. The number of hydrogen-bond donors (Lipinski definition) is 2. The quantitative estimate of drug-likeness (QED) is 0.751. The molecule has 0 saturated heterocycles. The number of aryl methyl sites for hydroxylation is 1. The molecule has 0 bridgehead atoms. The minimum Gasteiger partial charge on any atom is -0.486 e. The fourth-order valence-electron chi connectivity index (χ4n) is 3.08. The molecule has 1 aliphatic heterocycles. The highest BCUT2D eigenvalue weighted by Crippen LogP contribution is 2.32. The van der Waals surface area contributed by atoms with Crippen molar-refractivity contribution in [2.24, 2.45) is 0 Å².